The predicted molar refractivity (Wildman–Crippen MR) is 73.9 cm³/mol. The summed E-state index contributed by atoms with van der Waals surface area (Å²) >= 11 is 1.79. The molecule has 3 rings (SSSR count). The van der Waals surface area contributed by atoms with E-state index in [1.165, 1.54) is 5.56 Å². The van der Waals surface area contributed by atoms with E-state index in [2.05, 4.69) is 22.4 Å². The minimum absolute atomic E-state index is 0.641. The van der Waals surface area contributed by atoms with Crippen LogP contribution in [0.4, 0.5) is 0 Å². The van der Waals surface area contributed by atoms with Gasteiger partial charge in [0, 0.05) is 12.3 Å². The maximum Gasteiger partial charge on any atom is 0.161 e. The molecule has 0 unspecified atom stereocenters. The molecule has 0 radical (unpaired) electrons. The van der Waals surface area contributed by atoms with E-state index < -0.39 is 0 Å². The molecule has 0 aromatic heterocycles. The van der Waals surface area contributed by atoms with Crippen LogP contribution in [0.25, 0.3) is 0 Å². The van der Waals surface area contributed by atoms with Crippen LogP contribution < -0.4 is 14.8 Å². The highest BCUT2D eigenvalue weighted by Gasteiger charge is 2.11. The number of fused-ring (bicyclic) bond motifs is 1. The molecule has 1 aromatic carbocycles. The van der Waals surface area contributed by atoms with Crippen molar-refractivity contribution in [2.75, 3.05) is 32.1 Å². The summed E-state index contributed by atoms with van der Waals surface area (Å²) in [6.07, 6.45) is 0.968. The Morgan fingerprint density at radius 2 is 2.11 bits per heavy atom. The summed E-state index contributed by atoms with van der Waals surface area (Å²) in [5.74, 6) is 2.83. The van der Waals surface area contributed by atoms with Gasteiger partial charge in [0.2, 0.25) is 0 Å². The number of amidine groups is 1. The van der Waals surface area contributed by atoms with Gasteiger partial charge in [0.05, 0.1) is 6.54 Å². The van der Waals surface area contributed by atoms with Crippen LogP contribution >= 0.6 is 11.8 Å². The van der Waals surface area contributed by atoms with E-state index in [4.69, 9.17) is 9.47 Å². The molecule has 0 spiro atoms. The number of hydrogen-bond acceptors (Lipinski definition) is 5. The quantitative estimate of drug-likeness (QED) is 0.902. The molecule has 0 saturated heterocycles. The molecule has 2 heterocycles. The lowest BCUT2D eigenvalue weighted by Crippen LogP contribution is -2.22. The smallest absolute Gasteiger partial charge is 0.161 e. The summed E-state index contributed by atoms with van der Waals surface area (Å²) in [6, 6.07) is 6.16. The first-order valence-corrected chi connectivity index (χ1v) is 7.20. The second-order valence-electron chi connectivity index (χ2n) is 4.19. The predicted octanol–water partition coefficient (Wildman–Crippen LogP) is 1.69. The molecular formula is C13H16N2O2S. The van der Waals surface area contributed by atoms with E-state index in [0.29, 0.717) is 13.2 Å². The third-order valence-electron chi connectivity index (χ3n) is 2.88. The SMILES string of the molecule is c1cc2c(cc1CCNC1=NCCS1)OCCO2. The van der Waals surface area contributed by atoms with Gasteiger partial charge in [-0.2, -0.15) is 0 Å². The van der Waals surface area contributed by atoms with E-state index in [0.717, 1.165) is 41.9 Å². The van der Waals surface area contributed by atoms with Crippen LogP contribution in [0.1, 0.15) is 5.56 Å². The van der Waals surface area contributed by atoms with Crippen molar-refractivity contribution in [3.05, 3.63) is 23.8 Å². The largest absolute Gasteiger partial charge is 0.486 e. The minimum atomic E-state index is 0.641. The van der Waals surface area contributed by atoms with Gasteiger partial charge in [0.1, 0.15) is 13.2 Å². The molecule has 1 aromatic rings. The van der Waals surface area contributed by atoms with E-state index in [1.807, 2.05) is 6.07 Å². The number of nitrogens with one attached hydrogen (secondary N) is 1. The average Bonchev–Trinajstić information content (AvgIpc) is 2.92. The molecule has 0 atom stereocenters. The lowest BCUT2D eigenvalue weighted by Gasteiger charge is -2.18. The maximum absolute atomic E-state index is 5.57. The Morgan fingerprint density at radius 1 is 1.22 bits per heavy atom. The van der Waals surface area contributed by atoms with Crippen molar-refractivity contribution in [3.8, 4) is 11.5 Å². The summed E-state index contributed by atoms with van der Waals surface area (Å²) in [6.45, 7) is 3.13. The van der Waals surface area contributed by atoms with Crippen LogP contribution in [0.3, 0.4) is 0 Å². The number of benzene rings is 1. The highest BCUT2D eigenvalue weighted by atomic mass is 32.2. The Balaban J connectivity index is 1.56. The standard InChI is InChI=1S/C13H16N2O2S/c1-2-11-12(17-7-6-16-11)9-10(1)3-4-14-13-15-5-8-18-13/h1-2,9H,3-8H2,(H,14,15). The molecule has 1 N–H and O–H groups in total. The van der Waals surface area contributed by atoms with Gasteiger partial charge in [-0.25, -0.2) is 0 Å². The van der Waals surface area contributed by atoms with Gasteiger partial charge in [-0.15, -0.1) is 0 Å². The molecule has 0 aliphatic carbocycles. The normalized spacial score (nSPS) is 17.4. The first-order valence-electron chi connectivity index (χ1n) is 6.21. The molecule has 2 aliphatic heterocycles. The topological polar surface area (TPSA) is 42.9 Å². The fraction of sp³-hybridized carbons (Fsp3) is 0.462. The Hall–Kier alpha value is -1.36. The van der Waals surface area contributed by atoms with Gasteiger partial charge in [-0.05, 0) is 24.1 Å². The number of nitrogens with zero attached hydrogens (tertiary/aromatic N) is 1. The number of hydrogen-bond donors (Lipinski definition) is 1. The first kappa shape index (κ1) is 11.7. The second kappa shape index (κ2) is 5.52. The lowest BCUT2D eigenvalue weighted by molar-refractivity contribution is 0.171. The third kappa shape index (κ3) is 2.72. The average molecular weight is 264 g/mol. The fourth-order valence-corrected chi connectivity index (χ4v) is 2.76. The lowest BCUT2D eigenvalue weighted by atomic mass is 10.1. The molecular weight excluding hydrogens is 248 g/mol. The fourth-order valence-electron chi connectivity index (χ4n) is 2.00. The van der Waals surface area contributed by atoms with Gasteiger partial charge in [-0.3, -0.25) is 4.99 Å². The second-order valence-corrected chi connectivity index (χ2v) is 5.27. The maximum atomic E-state index is 5.57. The summed E-state index contributed by atoms with van der Waals surface area (Å²) < 4.78 is 11.1. The Morgan fingerprint density at radius 3 is 2.94 bits per heavy atom. The molecule has 0 amide bonds. The van der Waals surface area contributed by atoms with Crippen LogP contribution in [-0.4, -0.2) is 37.2 Å². The molecule has 0 saturated carbocycles. The minimum Gasteiger partial charge on any atom is -0.486 e. The van der Waals surface area contributed by atoms with Gasteiger partial charge < -0.3 is 14.8 Å². The molecule has 5 heteroatoms. The van der Waals surface area contributed by atoms with Crippen LogP contribution in [0.5, 0.6) is 11.5 Å². The highest BCUT2D eigenvalue weighted by Crippen LogP contribution is 2.30. The first-order chi connectivity index (χ1) is 8.92. The monoisotopic (exact) mass is 264 g/mol. The van der Waals surface area contributed by atoms with Crippen molar-refractivity contribution < 1.29 is 9.47 Å². The van der Waals surface area contributed by atoms with E-state index in [9.17, 15) is 0 Å². The number of aliphatic imine (C=N–C) groups is 1. The Bertz CT molecular complexity index is 462. The Labute approximate surface area is 111 Å². The van der Waals surface area contributed by atoms with Gasteiger partial charge in [0.15, 0.2) is 16.7 Å². The van der Waals surface area contributed by atoms with Crippen LogP contribution in [0.2, 0.25) is 0 Å². The van der Waals surface area contributed by atoms with Gasteiger partial charge in [0.25, 0.3) is 0 Å². The number of ether oxygens (including phenoxy) is 2. The van der Waals surface area contributed by atoms with Crippen LogP contribution in [0, 0.1) is 0 Å². The zero-order chi connectivity index (χ0) is 12.2. The van der Waals surface area contributed by atoms with Crippen molar-refractivity contribution in [2.24, 2.45) is 4.99 Å². The van der Waals surface area contributed by atoms with Crippen molar-refractivity contribution in [1.29, 1.82) is 0 Å². The summed E-state index contributed by atoms with van der Waals surface area (Å²) in [5.41, 5.74) is 1.26. The number of rotatable bonds is 3. The highest BCUT2D eigenvalue weighted by molar-refractivity contribution is 8.14. The summed E-state index contributed by atoms with van der Waals surface area (Å²) in [7, 11) is 0. The summed E-state index contributed by atoms with van der Waals surface area (Å²) in [5, 5.41) is 4.43. The van der Waals surface area contributed by atoms with Crippen molar-refractivity contribution in [1.82, 2.24) is 5.32 Å². The molecule has 2 aliphatic rings. The molecule has 18 heavy (non-hydrogen) atoms. The molecule has 4 nitrogen and oxygen atoms in total. The summed E-state index contributed by atoms with van der Waals surface area (Å²) in [4.78, 5) is 4.36. The van der Waals surface area contributed by atoms with Gasteiger partial charge in [-0.1, -0.05) is 17.8 Å². The molecule has 0 fully saturated rings. The zero-order valence-electron chi connectivity index (χ0n) is 10.1. The van der Waals surface area contributed by atoms with E-state index >= 15 is 0 Å². The Kier molecular flexibility index (Phi) is 3.59. The van der Waals surface area contributed by atoms with Crippen molar-refractivity contribution in [3.63, 3.8) is 0 Å². The zero-order valence-corrected chi connectivity index (χ0v) is 11.0. The van der Waals surface area contributed by atoms with E-state index in [1.54, 1.807) is 11.8 Å². The van der Waals surface area contributed by atoms with Crippen LogP contribution in [0.15, 0.2) is 23.2 Å². The van der Waals surface area contributed by atoms with E-state index in [-0.39, 0.29) is 0 Å². The number of thioether (sulfide) groups is 1. The van der Waals surface area contributed by atoms with Gasteiger partial charge >= 0.3 is 0 Å². The third-order valence-corrected chi connectivity index (χ3v) is 3.82. The van der Waals surface area contributed by atoms with Crippen molar-refractivity contribution in [2.45, 2.75) is 6.42 Å². The molecule has 0 bridgehead atoms. The van der Waals surface area contributed by atoms with Crippen molar-refractivity contribution >= 4 is 16.9 Å². The van der Waals surface area contributed by atoms with Crippen LogP contribution in [-0.2, 0) is 6.42 Å². The molecule has 96 valence electrons.